The van der Waals surface area contributed by atoms with E-state index in [1.165, 1.54) is 16.2 Å². The van der Waals surface area contributed by atoms with Crippen molar-refractivity contribution >= 4 is 50.1 Å². The predicted octanol–water partition coefficient (Wildman–Crippen LogP) is 4.40. The topological polar surface area (TPSA) is 92.9 Å². The third kappa shape index (κ3) is 3.98. The molecule has 9 heteroatoms. The normalized spacial score (nSPS) is 13.7. The summed E-state index contributed by atoms with van der Waals surface area (Å²) in [6, 6.07) is 15.6. The summed E-state index contributed by atoms with van der Waals surface area (Å²) < 4.78 is 11.7. The van der Waals surface area contributed by atoms with Gasteiger partial charge in [0.05, 0.1) is 35.8 Å². The van der Waals surface area contributed by atoms with Crippen molar-refractivity contribution in [1.29, 1.82) is 0 Å². The van der Waals surface area contributed by atoms with Crippen molar-refractivity contribution in [2.45, 2.75) is 19.4 Å². The molecule has 0 atom stereocenters. The summed E-state index contributed by atoms with van der Waals surface area (Å²) >= 11 is 1.36. The van der Waals surface area contributed by atoms with Gasteiger partial charge in [0.15, 0.2) is 5.13 Å². The number of fused-ring (bicyclic) bond motifs is 1. The molecule has 1 fully saturated rings. The second kappa shape index (κ2) is 8.51. The minimum absolute atomic E-state index is 0.175. The molecular weight excluding hydrogens is 442 g/mol. The van der Waals surface area contributed by atoms with E-state index < -0.39 is 0 Å². The maximum absolute atomic E-state index is 13.6. The molecule has 3 heterocycles. The van der Waals surface area contributed by atoms with Gasteiger partial charge < -0.3 is 9.15 Å². The van der Waals surface area contributed by atoms with Crippen LogP contribution in [0.3, 0.4) is 0 Å². The number of ether oxygens (including phenoxy) is 1. The zero-order valence-electron chi connectivity index (χ0n) is 17.7. The number of rotatable bonds is 6. The van der Waals surface area contributed by atoms with Crippen LogP contribution >= 0.6 is 11.3 Å². The maximum atomic E-state index is 13.6. The summed E-state index contributed by atoms with van der Waals surface area (Å²) in [5, 5.41) is 0.499. The molecule has 0 N–H and O–H groups in total. The lowest BCUT2D eigenvalue weighted by Crippen LogP contribution is -2.31. The van der Waals surface area contributed by atoms with Gasteiger partial charge in [0.25, 0.3) is 5.91 Å². The van der Waals surface area contributed by atoms with Crippen LogP contribution in [-0.4, -0.2) is 29.8 Å². The fourth-order valence-corrected chi connectivity index (χ4v) is 4.71. The highest BCUT2D eigenvalue weighted by Crippen LogP contribution is 2.33. The van der Waals surface area contributed by atoms with Crippen LogP contribution < -0.4 is 14.5 Å². The van der Waals surface area contributed by atoms with E-state index in [0.717, 1.165) is 15.1 Å². The molecule has 8 nitrogen and oxygen atoms in total. The fraction of sp³-hybridized carbons (Fsp3) is 0.167. The molecule has 2 aromatic carbocycles. The lowest BCUT2D eigenvalue weighted by Gasteiger charge is -2.20. The molecule has 33 heavy (non-hydrogen) atoms. The van der Waals surface area contributed by atoms with Gasteiger partial charge in [0.2, 0.25) is 11.8 Å². The number of benzene rings is 2. The van der Waals surface area contributed by atoms with Crippen molar-refractivity contribution in [3.8, 4) is 5.75 Å². The predicted molar refractivity (Wildman–Crippen MR) is 124 cm³/mol. The molecule has 2 aromatic heterocycles. The van der Waals surface area contributed by atoms with E-state index in [4.69, 9.17) is 9.15 Å². The van der Waals surface area contributed by atoms with Gasteiger partial charge in [0.1, 0.15) is 11.5 Å². The van der Waals surface area contributed by atoms with Crippen molar-refractivity contribution in [2.75, 3.05) is 16.9 Å². The number of hydrogen-bond acceptors (Lipinski definition) is 7. The van der Waals surface area contributed by atoms with E-state index in [0.29, 0.717) is 27.9 Å². The molecule has 0 radical (unpaired) electrons. The first kappa shape index (κ1) is 20.9. The van der Waals surface area contributed by atoms with Crippen molar-refractivity contribution in [2.24, 2.45) is 0 Å². The quantitative estimate of drug-likeness (QED) is 0.395. The first-order chi connectivity index (χ1) is 16.0. The minimum atomic E-state index is -0.321. The van der Waals surface area contributed by atoms with Crippen molar-refractivity contribution in [3.63, 3.8) is 0 Å². The Morgan fingerprint density at radius 3 is 2.67 bits per heavy atom. The highest BCUT2D eigenvalue weighted by atomic mass is 32.1. The zero-order valence-corrected chi connectivity index (χ0v) is 18.5. The van der Waals surface area contributed by atoms with Gasteiger partial charge in [-0.15, -0.1) is 0 Å². The molecule has 5 rings (SSSR count). The van der Waals surface area contributed by atoms with Crippen LogP contribution in [0.1, 0.15) is 29.0 Å². The van der Waals surface area contributed by atoms with Gasteiger partial charge in [0, 0.05) is 18.4 Å². The second-order valence-corrected chi connectivity index (χ2v) is 8.48. The van der Waals surface area contributed by atoms with Crippen LogP contribution in [-0.2, 0) is 16.1 Å². The van der Waals surface area contributed by atoms with E-state index in [1.54, 1.807) is 49.8 Å². The van der Waals surface area contributed by atoms with E-state index in [-0.39, 0.29) is 37.1 Å². The molecule has 0 unspecified atom stereocenters. The van der Waals surface area contributed by atoms with Crippen LogP contribution in [0.4, 0.5) is 10.8 Å². The lowest BCUT2D eigenvalue weighted by molar-refractivity contribution is -0.121. The number of furan rings is 1. The molecule has 0 bridgehead atoms. The maximum Gasteiger partial charge on any atom is 0.260 e. The summed E-state index contributed by atoms with van der Waals surface area (Å²) in [7, 11) is 1.60. The van der Waals surface area contributed by atoms with Gasteiger partial charge in [-0.1, -0.05) is 17.4 Å². The number of imide groups is 1. The number of methoxy groups -OCH3 is 1. The van der Waals surface area contributed by atoms with Crippen LogP contribution in [0.15, 0.2) is 65.3 Å². The third-order valence-electron chi connectivity index (χ3n) is 5.36. The first-order valence-electron chi connectivity index (χ1n) is 10.3. The van der Waals surface area contributed by atoms with Crippen LogP contribution in [0, 0.1) is 0 Å². The Hall–Kier alpha value is -3.98. The molecule has 166 valence electrons. The van der Waals surface area contributed by atoms with E-state index in [2.05, 4.69) is 4.98 Å². The molecule has 4 aromatic rings. The minimum Gasteiger partial charge on any atom is -0.497 e. The van der Waals surface area contributed by atoms with Gasteiger partial charge in [-0.3, -0.25) is 24.2 Å². The summed E-state index contributed by atoms with van der Waals surface area (Å²) in [6.07, 6.45) is 1.90. The molecule has 1 aliphatic heterocycles. The Kier molecular flexibility index (Phi) is 5.39. The average molecular weight is 461 g/mol. The Labute approximate surface area is 193 Å². The second-order valence-electron chi connectivity index (χ2n) is 7.47. The van der Waals surface area contributed by atoms with Gasteiger partial charge in [-0.05, 0) is 48.5 Å². The standard InChI is InChI=1S/C24H19N3O5S/c1-31-17-7-8-19-20(13-17)33-24(25-19)26(14-18-6-3-11-32-18)23(30)15-4-2-5-16(12-15)27-21(28)9-10-22(27)29/h2-8,11-13H,9-10,14H2,1H3. The molecule has 0 spiro atoms. The van der Waals surface area contributed by atoms with Crippen LogP contribution in [0.25, 0.3) is 10.2 Å². The molecule has 1 saturated heterocycles. The Balaban J connectivity index is 1.53. The van der Waals surface area contributed by atoms with Gasteiger partial charge in [-0.25, -0.2) is 4.98 Å². The van der Waals surface area contributed by atoms with E-state index >= 15 is 0 Å². The van der Waals surface area contributed by atoms with Gasteiger partial charge in [-0.2, -0.15) is 0 Å². The summed E-state index contributed by atoms with van der Waals surface area (Å²) in [6.45, 7) is 0.175. The number of thiazole rings is 1. The highest BCUT2D eigenvalue weighted by Gasteiger charge is 2.31. The molecule has 3 amide bonds. The van der Waals surface area contributed by atoms with Crippen LogP contribution in [0.5, 0.6) is 5.75 Å². The van der Waals surface area contributed by atoms with Crippen LogP contribution in [0.2, 0.25) is 0 Å². The summed E-state index contributed by atoms with van der Waals surface area (Å²) in [5.41, 5.74) is 1.47. The summed E-state index contributed by atoms with van der Waals surface area (Å²) in [5.74, 6) is 0.447. The molecule has 0 aliphatic carbocycles. The number of anilines is 2. The number of aromatic nitrogens is 1. The molecule has 0 saturated carbocycles. The number of hydrogen-bond donors (Lipinski definition) is 0. The van der Waals surface area contributed by atoms with Crippen molar-refractivity contribution in [1.82, 2.24) is 4.98 Å². The first-order valence-corrected chi connectivity index (χ1v) is 11.1. The third-order valence-corrected chi connectivity index (χ3v) is 6.40. The molecule has 1 aliphatic rings. The number of carbonyl (C=O) groups is 3. The smallest absolute Gasteiger partial charge is 0.260 e. The van der Waals surface area contributed by atoms with E-state index in [9.17, 15) is 14.4 Å². The zero-order chi connectivity index (χ0) is 22.9. The number of amides is 3. The lowest BCUT2D eigenvalue weighted by atomic mass is 10.1. The van der Waals surface area contributed by atoms with Crippen molar-refractivity contribution < 1.29 is 23.5 Å². The Bertz CT molecular complexity index is 1350. The Morgan fingerprint density at radius 2 is 1.94 bits per heavy atom. The number of nitrogens with zero attached hydrogens (tertiary/aromatic N) is 3. The monoisotopic (exact) mass is 461 g/mol. The van der Waals surface area contributed by atoms with E-state index in [1.807, 2.05) is 18.2 Å². The molecular formula is C24H19N3O5S. The average Bonchev–Trinajstić information content (AvgIpc) is 3.56. The van der Waals surface area contributed by atoms with Crippen molar-refractivity contribution in [3.05, 3.63) is 72.2 Å². The number of carbonyl (C=O) groups excluding carboxylic acids is 3. The fourth-order valence-electron chi connectivity index (χ4n) is 3.72. The Morgan fingerprint density at radius 1 is 1.12 bits per heavy atom. The van der Waals surface area contributed by atoms with Gasteiger partial charge >= 0.3 is 0 Å². The largest absolute Gasteiger partial charge is 0.497 e. The SMILES string of the molecule is COc1ccc2nc(N(Cc3ccco3)C(=O)c3cccc(N4C(=O)CCC4=O)c3)sc2c1. The summed E-state index contributed by atoms with van der Waals surface area (Å²) in [4.78, 5) is 45.3. The highest BCUT2D eigenvalue weighted by molar-refractivity contribution is 7.22.